The van der Waals surface area contributed by atoms with Crippen molar-refractivity contribution in [3.05, 3.63) is 94.6 Å². The smallest absolute Gasteiger partial charge is 0.0720 e. The van der Waals surface area contributed by atoms with Crippen molar-refractivity contribution in [2.45, 2.75) is 38.5 Å². The first-order chi connectivity index (χ1) is 13.8. The number of fused-ring (bicyclic) bond motifs is 6. The Morgan fingerprint density at radius 1 is 0.679 bits per heavy atom. The SMILES string of the molecule is CC(c1cc2n(n1)-c1ccccc1CC2)c1cc2n(n1)-c1ccccc1CC2. The van der Waals surface area contributed by atoms with E-state index in [0.717, 1.165) is 37.1 Å². The van der Waals surface area contributed by atoms with Crippen LogP contribution in [0.5, 0.6) is 0 Å². The number of hydrogen-bond donors (Lipinski definition) is 0. The number of nitrogens with zero attached hydrogens (tertiary/aromatic N) is 4. The molecule has 2 aromatic heterocycles. The minimum atomic E-state index is 0.176. The van der Waals surface area contributed by atoms with Crippen molar-refractivity contribution in [3.63, 3.8) is 0 Å². The van der Waals surface area contributed by atoms with Crippen molar-refractivity contribution in [2.75, 3.05) is 0 Å². The van der Waals surface area contributed by atoms with Crippen molar-refractivity contribution in [3.8, 4) is 11.4 Å². The molecule has 0 bridgehead atoms. The molecule has 0 unspecified atom stereocenters. The normalized spacial score (nSPS) is 14.4. The average Bonchev–Trinajstić information content (AvgIpc) is 3.38. The molecular weight excluding hydrogens is 344 g/mol. The predicted molar refractivity (Wildman–Crippen MR) is 109 cm³/mol. The van der Waals surface area contributed by atoms with E-state index in [1.54, 1.807) is 0 Å². The van der Waals surface area contributed by atoms with E-state index in [0.29, 0.717) is 0 Å². The lowest BCUT2D eigenvalue weighted by Gasteiger charge is -2.17. The van der Waals surface area contributed by atoms with Crippen LogP contribution in [0.3, 0.4) is 0 Å². The Kier molecular flexibility index (Phi) is 3.36. The Bertz CT molecular complexity index is 1100. The lowest BCUT2D eigenvalue weighted by Crippen LogP contribution is -2.12. The first-order valence-electron chi connectivity index (χ1n) is 10.1. The summed E-state index contributed by atoms with van der Waals surface area (Å²) in [5, 5.41) is 9.97. The van der Waals surface area contributed by atoms with E-state index in [1.165, 1.54) is 33.9 Å². The molecule has 2 aliphatic heterocycles. The Labute approximate surface area is 164 Å². The molecule has 2 aliphatic rings. The third-order valence-corrected chi connectivity index (χ3v) is 6.23. The average molecular weight is 366 g/mol. The second kappa shape index (κ2) is 5.93. The summed E-state index contributed by atoms with van der Waals surface area (Å²) in [5.74, 6) is 0.176. The van der Waals surface area contributed by atoms with E-state index in [4.69, 9.17) is 10.2 Å². The van der Waals surface area contributed by atoms with Crippen LogP contribution in [-0.4, -0.2) is 19.6 Å². The second-order valence-electron chi connectivity index (χ2n) is 7.92. The van der Waals surface area contributed by atoms with Gasteiger partial charge in [-0.25, -0.2) is 9.36 Å². The van der Waals surface area contributed by atoms with Gasteiger partial charge < -0.3 is 0 Å². The molecule has 0 spiro atoms. The monoisotopic (exact) mass is 366 g/mol. The summed E-state index contributed by atoms with van der Waals surface area (Å²) >= 11 is 0. The maximum Gasteiger partial charge on any atom is 0.0720 e. The van der Waals surface area contributed by atoms with Crippen LogP contribution >= 0.6 is 0 Å². The van der Waals surface area contributed by atoms with E-state index in [-0.39, 0.29) is 5.92 Å². The van der Waals surface area contributed by atoms with Gasteiger partial charge in [0, 0.05) is 17.3 Å². The summed E-state index contributed by atoms with van der Waals surface area (Å²) in [6.45, 7) is 2.22. The zero-order valence-electron chi connectivity index (χ0n) is 16.0. The number of aryl methyl sites for hydroxylation is 4. The highest BCUT2D eigenvalue weighted by atomic mass is 15.3. The molecule has 0 atom stereocenters. The summed E-state index contributed by atoms with van der Waals surface area (Å²) in [6, 6.07) is 21.7. The number of benzene rings is 2. The van der Waals surface area contributed by atoms with Crippen LogP contribution < -0.4 is 0 Å². The quantitative estimate of drug-likeness (QED) is 0.527. The van der Waals surface area contributed by atoms with Crippen LogP contribution in [0.4, 0.5) is 0 Å². The molecule has 0 radical (unpaired) electrons. The zero-order chi connectivity index (χ0) is 18.7. The van der Waals surface area contributed by atoms with E-state index < -0.39 is 0 Å². The highest BCUT2D eigenvalue weighted by Gasteiger charge is 2.24. The topological polar surface area (TPSA) is 35.6 Å². The van der Waals surface area contributed by atoms with Crippen molar-refractivity contribution < 1.29 is 0 Å². The summed E-state index contributed by atoms with van der Waals surface area (Å²) in [6.07, 6.45) is 4.27. The summed E-state index contributed by atoms with van der Waals surface area (Å²) in [5.41, 5.74) is 10.0. The van der Waals surface area contributed by atoms with Gasteiger partial charge in [0.1, 0.15) is 0 Å². The molecule has 4 aromatic rings. The number of rotatable bonds is 2. The highest BCUT2D eigenvalue weighted by Crippen LogP contribution is 2.31. The molecule has 4 heterocycles. The summed E-state index contributed by atoms with van der Waals surface area (Å²) < 4.78 is 4.27. The van der Waals surface area contributed by atoms with Crippen molar-refractivity contribution in [2.24, 2.45) is 0 Å². The molecule has 0 amide bonds. The van der Waals surface area contributed by atoms with E-state index >= 15 is 0 Å². The maximum atomic E-state index is 4.99. The van der Waals surface area contributed by atoms with Gasteiger partial charge >= 0.3 is 0 Å². The number of aromatic nitrogens is 4. The molecule has 4 nitrogen and oxygen atoms in total. The van der Waals surface area contributed by atoms with Gasteiger partial charge in [-0.2, -0.15) is 10.2 Å². The predicted octanol–water partition coefficient (Wildman–Crippen LogP) is 4.41. The lowest BCUT2D eigenvalue weighted by atomic mass is 9.99. The minimum absolute atomic E-state index is 0.176. The van der Waals surface area contributed by atoms with Crippen molar-refractivity contribution in [1.82, 2.24) is 19.6 Å². The molecule has 6 rings (SSSR count). The van der Waals surface area contributed by atoms with E-state index in [9.17, 15) is 0 Å². The maximum absolute atomic E-state index is 4.99. The molecule has 0 saturated heterocycles. The zero-order valence-corrected chi connectivity index (χ0v) is 16.0. The molecule has 4 heteroatoms. The molecule has 0 aliphatic carbocycles. The Morgan fingerprint density at radius 2 is 1.14 bits per heavy atom. The first-order valence-corrected chi connectivity index (χ1v) is 10.1. The van der Waals surface area contributed by atoms with Gasteiger partial charge in [-0.15, -0.1) is 0 Å². The van der Waals surface area contributed by atoms with Gasteiger partial charge in [0.15, 0.2) is 0 Å². The minimum Gasteiger partial charge on any atom is -0.237 e. The Hall–Kier alpha value is -3.14. The fourth-order valence-electron chi connectivity index (χ4n) is 4.61. The van der Waals surface area contributed by atoms with Gasteiger partial charge in [-0.3, -0.25) is 0 Å². The van der Waals surface area contributed by atoms with Crippen LogP contribution in [0.25, 0.3) is 11.4 Å². The molecule has 0 N–H and O–H groups in total. The Morgan fingerprint density at radius 3 is 1.64 bits per heavy atom. The molecule has 0 fully saturated rings. The van der Waals surface area contributed by atoms with Gasteiger partial charge in [-0.05, 0) is 61.1 Å². The van der Waals surface area contributed by atoms with Gasteiger partial charge in [0.25, 0.3) is 0 Å². The van der Waals surface area contributed by atoms with Crippen molar-refractivity contribution >= 4 is 0 Å². The van der Waals surface area contributed by atoms with E-state index in [1.807, 2.05) is 0 Å². The molecule has 2 aromatic carbocycles. The molecule has 0 saturated carbocycles. The number of hydrogen-bond acceptors (Lipinski definition) is 2. The second-order valence-corrected chi connectivity index (χ2v) is 7.92. The van der Waals surface area contributed by atoms with Crippen LogP contribution in [0.1, 0.15) is 46.7 Å². The van der Waals surface area contributed by atoms with Crippen LogP contribution in [0.15, 0.2) is 60.7 Å². The standard InChI is InChI=1S/C24H22N4/c1-16(21-14-19-12-10-17-6-2-4-8-23(17)27(19)25-21)22-15-20-13-11-18-7-3-5-9-24(18)28(20)26-22/h2-9,14-16H,10-13H2,1H3. The molecule has 138 valence electrons. The number of para-hydroxylation sites is 2. The summed E-state index contributed by atoms with van der Waals surface area (Å²) in [4.78, 5) is 0. The highest BCUT2D eigenvalue weighted by molar-refractivity contribution is 5.47. The van der Waals surface area contributed by atoms with E-state index in [2.05, 4.69) is 77.0 Å². The van der Waals surface area contributed by atoms with Gasteiger partial charge in [0.05, 0.1) is 22.8 Å². The third-order valence-electron chi connectivity index (χ3n) is 6.23. The van der Waals surface area contributed by atoms with Crippen LogP contribution in [-0.2, 0) is 25.7 Å². The van der Waals surface area contributed by atoms with Gasteiger partial charge in [0.2, 0.25) is 0 Å². The lowest BCUT2D eigenvalue weighted by molar-refractivity contribution is 0.699. The van der Waals surface area contributed by atoms with Crippen LogP contribution in [0.2, 0.25) is 0 Å². The third kappa shape index (κ3) is 2.30. The van der Waals surface area contributed by atoms with Crippen molar-refractivity contribution in [1.29, 1.82) is 0 Å². The van der Waals surface area contributed by atoms with Gasteiger partial charge in [-0.1, -0.05) is 43.3 Å². The fraction of sp³-hybridized carbons (Fsp3) is 0.250. The Balaban J connectivity index is 1.39. The first kappa shape index (κ1) is 15.9. The fourth-order valence-corrected chi connectivity index (χ4v) is 4.61. The largest absolute Gasteiger partial charge is 0.237 e. The molecular formula is C24H22N4. The van der Waals surface area contributed by atoms with Crippen LogP contribution in [0, 0.1) is 0 Å². The molecule has 28 heavy (non-hydrogen) atoms. The summed E-state index contributed by atoms with van der Waals surface area (Å²) in [7, 11) is 0.